The van der Waals surface area contributed by atoms with Crippen LogP contribution < -0.4 is 5.32 Å². The van der Waals surface area contributed by atoms with Crippen molar-refractivity contribution in [2.75, 3.05) is 25.6 Å². The minimum atomic E-state index is 0.188. The Labute approximate surface area is 105 Å². The number of rotatable bonds is 6. The van der Waals surface area contributed by atoms with Crippen LogP contribution in [-0.4, -0.2) is 30.2 Å². The van der Waals surface area contributed by atoms with Crippen LogP contribution in [0, 0.1) is 5.41 Å². The molecule has 0 spiro atoms. The molecule has 0 amide bonds. The third-order valence-electron chi connectivity index (χ3n) is 2.36. The molecule has 1 aromatic rings. The van der Waals surface area contributed by atoms with Gasteiger partial charge in [-0.3, -0.25) is 0 Å². The fourth-order valence-electron chi connectivity index (χ4n) is 1.23. The molecule has 0 aliphatic carbocycles. The predicted molar refractivity (Wildman–Crippen MR) is 68.5 cm³/mol. The molecule has 0 aromatic carbocycles. The first-order chi connectivity index (χ1) is 7.53. The van der Waals surface area contributed by atoms with Crippen molar-refractivity contribution in [2.45, 2.75) is 20.3 Å². The molecule has 0 aliphatic heterocycles. The van der Waals surface area contributed by atoms with Gasteiger partial charge < -0.3 is 10.1 Å². The minimum Gasteiger partial charge on any atom is -0.385 e. The second-order valence-corrected chi connectivity index (χ2v) is 5.30. The van der Waals surface area contributed by atoms with Gasteiger partial charge in [0.05, 0.1) is 0 Å². The Kier molecular flexibility index (Phi) is 5.15. The van der Waals surface area contributed by atoms with Crippen molar-refractivity contribution in [3.8, 4) is 0 Å². The number of hydrogen-bond acceptors (Lipinski definition) is 4. The molecule has 0 aliphatic rings. The SMILES string of the molecule is COCCC(C)(C)CNc1cc(Br)ncn1. The van der Waals surface area contributed by atoms with Gasteiger partial charge in [-0.25, -0.2) is 9.97 Å². The smallest absolute Gasteiger partial charge is 0.130 e. The summed E-state index contributed by atoms with van der Waals surface area (Å²) >= 11 is 3.31. The van der Waals surface area contributed by atoms with Crippen LogP contribution in [0.25, 0.3) is 0 Å². The lowest BCUT2D eigenvalue weighted by atomic mass is 9.90. The van der Waals surface area contributed by atoms with Gasteiger partial charge in [0, 0.05) is 26.3 Å². The van der Waals surface area contributed by atoms with E-state index in [0.29, 0.717) is 0 Å². The van der Waals surface area contributed by atoms with Crippen molar-refractivity contribution < 1.29 is 4.74 Å². The first-order valence-electron chi connectivity index (χ1n) is 5.24. The Bertz CT molecular complexity index is 331. The molecule has 0 fully saturated rings. The quantitative estimate of drug-likeness (QED) is 0.818. The second kappa shape index (κ2) is 6.15. The zero-order valence-corrected chi connectivity index (χ0v) is 11.5. The van der Waals surface area contributed by atoms with Crippen LogP contribution in [-0.2, 0) is 4.74 Å². The number of hydrogen-bond donors (Lipinski definition) is 1. The summed E-state index contributed by atoms with van der Waals surface area (Å²) in [5.41, 5.74) is 0.188. The molecule has 1 rings (SSSR count). The normalized spacial score (nSPS) is 11.5. The molecule has 0 saturated heterocycles. The summed E-state index contributed by atoms with van der Waals surface area (Å²) in [5, 5.41) is 3.30. The van der Waals surface area contributed by atoms with E-state index < -0.39 is 0 Å². The van der Waals surface area contributed by atoms with Gasteiger partial charge >= 0.3 is 0 Å². The van der Waals surface area contributed by atoms with Crippen molar-refractivity contribution in [3.63, 3.8) is 0 Å². The molecule has 16 heavy (non-hydrogen) atoms. The Morgan fingerprint density at radius 3 is 2.81 bits per heavy atom. The molecule has 5 heteroatoms. The predicted octanol–water partition coefficient (Wildman–Crippen LogP) is 2.71. The maximum absolute atomic E-state index is 5.09. The highest BCUT2D eigenvalue weighted by molar-refractivity contribution is 9.10. The van der Waals surface area contributed by atoms with E-state index in [4.69, 9.17) is 4.74 Å². The van der Waals surface area contributed by atoms with Crippen molar-refractivity contribution in [1.82, 2.24) is 9.97 Å². The van der Waals surface area contributed by atoms with Crippen molar-refractivity contribution in [3.05, 3.63) is 17.0 Å². The summed E-state index contributed by atoms with van der Waals surface area (Å²) in [4.78, 5) is 8.12. The molecule has 1 aromatic heterocycles. The number of nitrogens with zero attached hydrogens (tertiary/aromatic N) is 2. The Morgan fingerprint density at radius 2 is 2.19 bits per heavy atom. The number of methoxy groups -OCH3 is 1. The van der Waals surface area contributed by atoms with E-state index in [1.165, 1.54) is 6.33 Å². The van der Waals surface area contributed by atoms with E-state index in [0.717, 1.165) is 30.0 Å². The summed E-state index contributed by atoms with van der Waals surface area (Å²) in [6.45, 7) is 6.05. The maximum Gasteiger partial charge on any atom is 0.130 e. The Balaban J connectivity index is 2.44. The molecule has 4 nitrogen and oxygen atoms in total. The van der Waals surface area contributed by atoms with Crippen LogP contribution >= 0.6 is 15.9 Å². The summed E-state index contributed by atoms with van der Waals surface area (Å²) < 4.78 is 5.88. The average Bonchev–Trinajstić information content (AvgIpc) is 2.24. The first kappa shape index (κ1) is 13.4. The van der Waals surface area contributed by atoms with Crippen LogP contribution in [0.4, 0.5) is 5.82 Å². The summed E-state index contributed by atoms with van der Waals surface area (Å²) in [6.07, 6.45) is 2.55. The Morgan fingerprint density at radius 1 is 1.44 bits per heavy atom. The molecule has 1 heterocycles. The number of anilines is 1. The number of nitrogens with one attached hydrogen (secondary N) is 1. The molecule has 0 atom stereocenters. The second-order valence-electron chi connectivity index (χ2n) is 4.49. The van der Waals surface area contributed by atoms with E-state index in [2.05, 4.69) is 45.1 Å². The molecule has 90 valence electrons. The monoisotopic (exact) mass is 287 g/mol. The third kappa shape index (κ3) is 4.90. The average molecular weight is 288 g/mol. The third-order valence-corrected chi connectivity index (χ3v) is 2.80. The van der Waals surface area contributed by atoms with Crippen molar-refractivity contribution >= 4 is 21.7 Å². The van der Waals surface area contributed by atoms with Crippen molar-refractivity contribution in [2.24, 2.45) is 5.41 Å². The minimum absolute atomic E-state index is 0.188. The zero-order valence-electron chi connectivity index (χ0n) is 9.96. The van der Waals surface area contributed by atoms with E-state index in [9.17, 15) is 0 Å². The molecule has 0 radical (unpaired) electrons. The topological polar surface area (TPSA) is 47.0 Å². The molecule has 0 unspecified atom stereocenters. The van der Waals surface area contributed by atoms with Gasteiger partial charge in [-0.05, 0) is 27.8 Å². The van der Waals surface area contributed by atoms with Crippen molar-refractivity contribution in [1.29, 1.82) is 0 Å². The molecular formula is C11H18BrN3O. The van der Waals surface area contributed by atoms with Crippen LogP contribution in [0.15, 0.2) is 17.0 Å². The van der Waals surface area contributed by atoms with Crippen LogP contribution in [0.3, 0.4) is 0 Å². The van der Waals surface area contributed by atoms with E-state index in [-0.39, 0.29) is 5.41 Å². The summed E-state index contributed by atoms with van der Waals surface area (Å²) in [5.74, 6) is 0.840. The fourth-order valence-corrected chi connectivity index (χ4v) is 1.54. The van der Waals surface area contributed by atoms with Crippen LogP contribution in [0.5, 0.6) is 0 Å². The number of halogens is 1. The lowest BCUT2D eigenvalue weighted by Crippen LogP contribution is -2.25. The zero-order chi connectivity index (χ0) is 12.0. The van der Waals surface area contributed by atoms with E-state index in [1.54, 1.807) is 7.11 Å². The molecular weight excluding hydrogens is 270 g/mol. The van der Waals surface area contributed by atoms with Crippen LogP contribution in [0.2, 0.25) is 0 Å². The summed E-state index contributed by atoms with van der Waals surface area (Å²) in [7, 11) is 1.73. The fraction of sp³-hybridized carbons (Fsp3) is 0.636. The Hall–Kier alpha value is -0.680. The number of aromatic nitrogens is 2. The molecule has 0 bridgehead atoms. The lowest BCUT2D eigenvalue weighted by molar-refractivity contribution is 0.157. The van der Waals surface area contributed by atoms with Gasteiger partial charge in [-0.1, -0.05) is 13.8 Å². The highest BCUT2D eigenvalue weighted by atomic mass is 79.9. The molecule has 0 saturated carbocycles. The van der Waals surface area contributed by atoms with Gasteiger partial charge in [0.25, 0.3) is 0 Å². The van der Waals surface area contributed by atoms with Gasteiger partial charge in [-0.2, -0.15) is 0 Å². The lowest BCUT2D eigenvalue weighted by Gasteiger charge is -2.24. The largest absolute Gasteiger partial charge is 0.385 e. The maximum atomic E-state index is 5.09. The standard InChI is InChI=1S/C11H18BrN3O/c1-11(2,4-5-16-3)7-13-10-6-9(12)14-8-15-10/h6,8H,4-5,7H2,1-3H3,(H,13,14,15). The van der Waals surface area contributed by atoms with Gasteiger partial charge in [-0.15, -0.1) is 0 Å². The highest BCUT2D eigenvalue weighted by Crippen LogP contribution is 2.21. The van der Waals surface area contributed by atoms with Gasteiger partial charge in [0.15, 0.2) is 0 Å². The summed E-state index contributed by atoms with van der Waals surface area (Å²) in [6, 6.07) is 1.87. The number of ether oxygens (including phenoxy) is 1. The van der Waals surface area contributed by atoms with Crippen LogP contribution in [0.1, 0.15) is 20.3 Å². The first-order valence-corrected chi connectivity index (χ1v) is 6.03. The van der Waals surface area contributed by atoms with E-state index >= 15 is 0 Å². The van der Waals surface area contributed by atoms with E-state index in [1.807, 2.05) is 6.07 Å². The van der Waals surface area contributed by atoms with Gasteiger partial charge in [0.2, 0.25) is 0 Å². The molecule has 1 N–H and O–H groups in total. The highest BCUT2D eigenvalue weighted by Gasteiger charge is 2.17. The van der Waals surface area contributed by atoms with Gasteiger partial charge in [0.1, 0.15) is 16.7 Å².